The highest BCUT2D eigenvalue weighted by molar-refractivity contribution is 5.84. The number of hydrogen-bond donors (Lipinski definition) is 2. The fourth-order valence-corrected chi connectivity index (χ4v) is 1.87. The predicted molar refractivity (Wildman–Crippen MR) is 70.6 cm³/mol. The highest BCUT2D eigenvalue weighted by atomic mass is 19.1. The smallest absolute Gasteiger partial charge is 0.237 e. The molecule has 2 unspecified atom stereocenters. The van der Waals surface area contributed by atoms with Crippen molar-refractivity contribution in [1.29, 1.82) is 0 Å². The van der Waals surface area contributed by atoms with Crippen LogP contribution in [0.4, 0.5) is 4.39 Å². The van der Waals surface area contributed by atoms with Crippen LogP contribution in [0.25, 0.3) is 0 Å². The lowest BCUT2D eigenvalue weighted by Crippen LogP contribution is -2.57. The molecule has 0 aromatic heterocycles. The van der Waals surface area contributed by atoms with E-state index in [1.807, 2.05) is 13.8 Å². The van der Waals surface area contributed by atoms with Gasteiger partial charge >= 0.3 is 0 Å². The number of rotatable bonds is 6. The molecule has 1 aromatic rings. The Morgan fingerprint density at radius 1 is 1.44 bits per heavy atom. The minimum absolute atomic E-state index is 0.197. The summed E-state index contributed by atoms with van der Waals surface area (Å²) in [6.45, 7) is 5.83. The molecule has 0 heterocycles. The SMILES string of the molecule is CCC(C)NC(C)(Cc1ccc(F)cc1)C(N)=O. The third kappa shape index (κ3) is 3.81. The Morgan fingerprint density at radius 3 is 2.44 bits per heavy atom. The van der Waals surface area contributed by atoms with Gasteiger partial charge in [-0.15, -0.1) is 0 Å². The van der Waals surface area contributed by atoms with Crippen LogP contribution >= 0.6 is 0 Å². The van der Waals surface area contributed by atoms with E-state index in [0.29, 0.717) is 6.42 Å². The van der Waals surface area contributed by atoms with Crippen molar-refractivity contribution in [3.63, 3.8) is 0 Å². The largest absolute Gasteiger partial charge is 0.368 e. The molecule has 2 atom stereocenters. The summed E-state index contributed by atoms with van der Waals surface area (Å²) in [5.74, 6) is -0.679. The van der Waals surface area contributed by atoms with E-state index < -0.39 is 11.4 Å². The van der Waals surface area contributed by atoms with Gasteiger partial charge in [0.25, 0.3) is 0 Å². The summed E-state index contributed by atoms with van der Waals surface area (Å²) in [6, 6.07) is 6.33. The predicted octanol–water partition coefficient (Wildman–Crippen LogP) is 2.00. The summed E-state index contributed by atoms with van der Waals surface area (Å²) >= 11 is 0. The van der Waals surface area contributed by atoms with Crippen LogP contribution < -0.4 is 11.1 Å². The molecule has 1 amide bonds. The molecule has 0 saturated carbocycles. The van der Waals surface area contributed by atoms with Crippen molar-refractivity contribution >= 4 is 5.91 Å². The van der Waals surface area contributed by atoms with Gasteiger partial charge in [-0.3, -0.25) is 4.79 Å². The van der Waals surface area contributed by atoms with E-state index in [-0.39, 0.29) is 11.9 Å². The summed E-state index contributed by atoms with van der Waals surface area (Å²) in [7, 11) is 0. The summed E-state index contributed by atoms with van der Waals surface area (Å²) in [6.07, 6.45) is 1.36. The molecule has 1 aromatic carbocycles. The number of halogens is 1. The maximum absolute atomic E-state index is 12.8. The van der Waals surface area contributed by atoms with Crippen molar-refractivity contribution in [2.24, 2.45) is 5.73 Å². The monoisotopic (exact) mass is 252 g/mol. The highest BCUT2D eigenvalue weighted by Gasteiger charge is 2.32. The molecule has 18 heavy (non-hydrogen) atoms. The van der Waals surface area contributed by atoms with Crippen LogP contribution in [0.15, 0.2) is 24.3 Å². The van der Waals surface area contributed by atoms with E-state index in [9.17, 15) is 9.18 Å². The molecule has 3 N–H and O–H groups in total. The van der Waals surface area contributed by atoms with Gasteiger partial charge in [0.2, 0.25) is 5.91 Å². The lowest BCUT2D eigenvalue weighted by atomic mass is 9.91. The molecule has 0 saturated heterocycles. The van der Waals surface area contributed by atoms with E-state index in [2.05, 4.69) is 5.32 Å². The van der Waals surface area contributed by atoms with Crippen LogP contribution in [0.2, 0.25) is 0 Å². The highest BCUT2D eigenvalue weighted by Crippen LogP contribution is 2.15. The average molecular weight is 252 g/mol. The summed E-state index contributed by atoms with van der Waals surface area (Å²) in [4.78, 5) is 11.6. The molecule has 0 fully saturated rings. The molecule has 4 heteroatoms. The molecule has 0 aliphatic rings. The first-order valence-electron chi connectivity index (χ1n) is 6.19. The molecule has 100 valence electrons. The van der Waals surface area contributed by atoms with Crippen molar-refractivity contribution in [2.45, 2.75) is 45.2 Å². The second-order valence-electron chi connectivity index (χ2n) is 4.95. The van der Waals surface area contributed by atoms with Gasteiger partial charge in [-0.2, -0.15) is 0 Å². The molecule has 0 bridgehead atoms. The topological polar surface area (TPSA) is 55.1 Å². The Hall–Kier alpha value is -1.42. The summed E-state index contributed by atoms with van der Waals surface area (Å²) in [5.41, 5.74) is 5.55. The average Bonchev–Trinajstić information content (AvgIpc) is 2.31. The molecule has 0 spiro atoms. The number of primary amides is 1. The molecule has 0 aliphatic heterocycles. The van der Waals surface area contributed by atoms with Crippen LogP contribution in [-0.4, -0.2) is 17.5 Å². The van der Waals surface area contributed by atoms with E-state index in [1.54, 1.807) is 19.1 Å². The molecular formula is C14H21FN2O. The van der Waals surface area contributed by atoms with Gasteiger partial charge < -0.3 is 11.1 Å². The Labute approximate surface area is 108 Å². The van der Waals surface area contributed by atoms with E-state index in [1.165, 1.54) is 12.1 Å². The van der Waals surface area contributed by atoms with Crippen molar-refractivity contribution in [1.82, 2.24) is 5.32 Å². The number of amides is 1. The molecule has 0 aliphatic carbocycles. The quantitative estimate of drug-likeness (QED) is 0.813. The number of benzene rings is 1. The second kappa shape index (κ2) is 5.96. The Kier molecular flexibility index (Phi) is 4.84. The van der Waals surface area contributed by atoms with Crippen LogP contribution in [0.1, 0.15) is 32.8 Å². The first kappa shape index (κ1) is 14.6. The normalized spacial score (nSPS) is 16.0. The van der Waals surface area contributed by atoms with Crippen molar-refractivity contribution < 1.29 is 9.18 Å². The number of nitrogens with two attached hydrogens (primary N) is 1. The van der Waals surface area contributed by atoms with Gasteiger partial charge in [0.15, 0.2) is 0 Å². The zero-order chi connectivity index (χ0) is 13.8. The van der Waals surface area contributed by atoms with Gasteiger partial charge in [0.1, 0.15) is 5.82 Å². The number of nitrogens with one attached hydrogen (secondary N) is 1. The fraction of sp³-hybridized carbons (Fsp3) is 0.500. The van der Waals surface area contributed by atoms with Crippen molar-refractivity contribution in [3.8, 4) is 0 Å². The van der Waals surface area contributed by atoms with E-state index in [0.717, 1.165) is 12.0 Å². The number of hydrogen-bond acceptors (Lipinski definition) is 2. The van der Waals surface area contributed by atoms with Crippen LogP contribution in [0.3, 0.4) is 0 Å². The zero-order valence-corrected chi connectivity index (χ0v) is 11.2. The van der Waals surface area contributed by atoms with Crippen LogP contribution in [0, 0.1) is 5.82 Å². The molecular weight excluding hydrogens is 231 g/mol. The Balaban J connectivity index is 2.85. The van der Waals surface area contributed by atoms with E-state index >= 15 is 0 Å². The fourth-order valence-electron chi connectivity index (χ4n) is 1.87. The van der Waals surface area contributed by atoms with Crippen LogP contribution in [0.5, 0.6) is 0 Å². The van der Waals surface area contributed by atoms with Crippen molar-refractivity contribution in [2.75, 3.05) is 0 Å². The lowest BCUT2D eigenvalue weighted by molar-refractivity contribution is -0.124. The maximum atomic E-state index is 12.8. The van der Waals surface area contributed by atoms with Gasteiger partial charge in [0.05, 0.1) is 5.54 Å². The minimum Gasteiger partial charge on any atom is -0.368 e. The molecule has 1 rings (SSSR count). The molecule has 0 radical (unpaired) electrons. The molecule has 3 nitrogen and oxygen atoms in total. The second-order valence-corrected chi connectivity index (χ2v) is 4.95. The third-order valence-electron chi connectivity index (χ3n) is 3.19. The van der Waals surface area contributed by atoms with Crippen molar-refractivity contribution in [3.05, 3.63) is 35.6 Å². The zero-order valence-electron chi connectivity index (χ0n) is 11.2. The number of carbonyl (C=O) groups is 1. The van der Waals surface area contributed by atoms with Gasteiger partial charge in [-0.1, -0.05) is 19.1 Å². The lowest BCUT2D eigenvalue weighted by Gasteiger charge is -2.31. The van der Waals surface area contributed by atoms with Gasteiger partial charge in [0, 0.05) is 6.04 Å². The van der Waals surface area contributed by atoms with Gasteiger partial charge in [-0.05, 0) is 44.4 Å². The van der Waals surface area contributed by atoms with E-state index in [4.69, 9.17) is 5.73 Å². The Morgan fingerprint density at radius 2 is 2.00 bits per heavy atom. The number of carbonyl (C=O) groups excluding carboxylic acids is 1. The van der Waals surface area contributed by atoms with Crippen LogP contribution in [-0.2, 0) is 11.2 Å². The summed E-state index contributed by atoms with van der Waals surface area (Å²) < 4.78 is 12.8. The Bertz CT molecular complexity index is 405. The minimum atomic E-state index is -0.812. The maximum Gasteiger partial charge on any atom is 0.237 e. The first-order valence-corrected chi connectivity index (χ1v) is 6.19. The first-order chi connectivity index (χ1) is 8.37. The summed E-state index contributed by atoms with van der Waals surface area (Å²) in [5, 5.41) is 3.24. The standard InChI is InChI=1S/C14H21FN2O/c1-4-10(2)17-14(3,13(16)18)9-11-5-7-12(15)8-6-11/h5-8,10,17H,4,9H2,1-3H3,(H2,16,18). The third-order valence-corrected chi connectivity index (χ3v) is 3.19. The van der Waals surface area contributed by atoms with Gasteiger partial charge in [-0.25, -0.2) is 4.39 Å².